The zero-order valence-electron chi connectivity index (χ0n) is 20.7. The van der Waals surface area contributed by atoms with Crippen molar-refractivity contribution in [2.45, 2.75) is 101 Å². The smallest absolute Gasteiger partial charge is 0.258 e. The maximum Gasteiger partial charge on any atom is 0.258 e. The molecule has 2 heterocycles. The first-order valence-corrected chi connectivity index (χ1v) is 13.8. The van der Waals surface area contributed by atoms with Crippen LogP contribution in [0.25, 0.3) is 11.3 Å². The van der Waals surface area contributed by atoms with Crippen LogP contribution in [-0.2, 0) is 16.6 Å². The van der Waals surface area contributed by atoms with E-state index in [0.717, 1.165) is 60.7 Å². The van der Waals surface area contributed by atoms with Gasteiger partial charge in [0.05, 0.1) is 16.9 Å². The fourth-order valence-electron chi connectivity index (χ4n) is 6.25. The Labute approximate surface area is 202 Å². The van der Waals surface area contributed by atoms with E-state index >= 15 is 0 Å². The van der Waals surface area contributed by atoms with Crippen LogP contribution in [0.1, 0.15) is 89.8 Å². The summed E-state index contributed by atoms with van der Waals surface area (Å²) in [5.41, 5.74) is 4.49. The lowest BCUT2D eigenvalue weighted by Gasteiger charge is -2.40. The zero-order chi connectivity index (χ0) is 23.2. The molecule has 0 amide bonds. The minimum Gasteiger partial charge on any atom is -0.375 e. The van der Waals surface area contributed by atoms with Gasteiger partial charge in [0.25, 0.3) is 5.56 Å². The van der Waals surface area contributed by atoms with Crippen LogP contribution in [0.2, 0.25) is 0 Å². The summed E-state index contributed by atoms with van der Waals surface area (Å²) in [5.74, 6) is 1.63. The Morgan fingerprint density at radius 1 is 1.21 bits per heavy atom. The molecule has 0 bridgehead atoms. The number of hydrogen-bond donors (Lipinski definition) is 0. The Bertz CT molecular complexity index is 1080. The van der Waals surface area contributed by atoms with Gasteiger partial charge in [-0.25, -0.2) is 4.98 Å². The van der Waals surface area contributed by atoms with E-state index < -0.39 is 0 Å². The Morgan fingerprint density at radius 2 is 1.97 bits per heavy atom. The molecule has 1 aromatic heterocycles. The molecule has 1 saturated carbocycles. The van der Waals surface area contributed by atoms with Gasteiger partial charge in [-0.05, 0) is 63.9 Å². The molecule has 2 fully saturated rings. The highest BCUT2D eigenvalue weighted by Crippen LogP contribution is 2.50. The lowest BCUT2D eigenvalue weighted by Crippen LogP contribution is -2.44. The normalized spacial score (nSPS) is 23.0. The molecule has 178 valence electrons. The van der Waals surface area contributed by atoms with Gasteiger partial charge in [0.1, 0.15) is 0 Å². The number of rotatable bonds is 5. The van der Waals surface area contributed by atoms with Crippen molar-refractivity contribution in [3.05, 3.63) is 45.7 Å². The molecule has 1 aromatic carbocycles. The summed E-state index contributed by atoms with van der Waals surface area (Å²) in [4.78, 5) is 19.8. The largest absolute Gasteiger partial charge is 0.375 e. The molecule has 1 spiro atoms. The Kier molecular flexibility index (Phi) is 6.24. The summed E-state index contributed by atoms with van der Waals surface area (Å²) < 4.78 is 8.12. The van der Waals surface area contributed by atoms with Crippen molar-refractivity contribution in [3.8, 4) is 11.3 Å². The van der Waals surface area contributed by atoms with Gasteiger partial charge in [-0.2, -0.15) is 0 Å². The molecule has 2 aromatic rings. The summed E-state index contributed by atoms with van der Waals surface area (Å²) in [6.45, 7) is 9.52. The molecule has 5 heteroatoms. The van der Waals surface area contributed by atoms with Gasteiger partial charge in [-0.1, -0.05) is 62.7 Å². The van der Waals surface area contributed by atoms with Crippen molar-refractivity contribution in [2.75, 3.05) is 12.4 Å². The van der Waals surface area contributed by atoms with Crippen LogP contribution in [0, 0.1) is 5.92 Å². The quantitative estimate of drug-likeness (QED) is 0.370. The highest BCUT2D eigenvalue weighted by Gasteiger charge is 2.45. The number of benzene rings is 1. The van der Waals surface area contributed by atoms with Crippen molar-refractivity contribution in [1.29, 1.82) is 0 Å². The summed E-state index contributed by atoms with van der Waals surface area (Å²) in [5, 5.41) is 0.909. The van der Waals surface area contributed by atoms with Crippen LogP contribution >= 0.6 is 11.8 Å². The number of fused-ring (bicyclic) bond motifs is 4. The van der Waals surface area contributed by atoms with Crippen molar-refractivity contribution >= 4 is 11.8 Å². The fourth-order valence-corrected chi connectivity index (χ4v) is 7.55. The van der Waals surface area contributed by atoms with E-state index in [4.69, 9.17) is 9.72 Å². The third-order valence-corrected chi connectivity index (χ3v) is 8.92. The maximum absolute atomic E-state index is 14.5. The summed E-state index contributed by atoms with van der Waals surface area (Å²) in [6.07, 6.45) is 8.45. The third kappa shape index (κ3) is 4.32. The Hall–Kier alpha value is -1.59. The summed E-state index contributed by atoms with van der Waals surface area (Å²) in [6, 6.07) is 8.80. The minimum absolute atomic E-state index is 0.0443. The first-order chi connectivity index (χ1) is 15.8. The molecule has 3 aliphatic rings. The molecule has 1 unspecified atom stereocenters. The minimum atomic E-state index is -0.213. The first kappa shape index (κ1) is 23.2. The van der Waals surface area contributed by atoms with E-state index in [1.54, 1.807) is 11.8 Å². The number of nitrogens with zero attached hydrogens (tertiary/aromatic N) is 2. The molecule has 4 nitrogen and oxygen atoms in total. The second kappa shape index (κ2) is 8.88. The Balaban J connectivity index is 1.70. The average Bonchev–Trinajstić information content (AvgIpc) is 3.21. The molecule has 0 radical (unpaired) electrons. The van der Waals surface area contributed by atoms with Crippen molar-refractivity contribution in [1.82, 2.24) is 9.55 Å². The van der Waals surface area contributed by atoms with Gasteiger partial charge in [-0.3, -0.25) is 9.36 Å². The van der Waals surface area contributed by atoms with Crippen LogP contribution in [0.3, 0.4) is 0 Å². The van der Waals surface area contributed by atoms with Crippen molar-refractivity contribution in [3.63, 3.8) is 0 Å². The summed E-state index contributed by atoms with van der Waals surface area (Å²) in [7, 11) is 0. The second-order valence-corrected chi connectivity index (χ2v) is 12.5. The zero-order valence-corrected chi connectivity index (χ0v) is 21.5. The van der Waals surface area contributed by atoms with Crippen LogP contribution in [-0.4, -0.2) is 27.5 Å². The van der Waals surface area contributed by atoms with Crippen molar-refractivity contribution in [2.24, 2.45) is 5.92 Å². The monoisotopic (exact) mass is 466 g/mol. The number of ether oxygens (including phenoxy) is 1. The predicted octanol–water partition coefficient (Wildman–Crippen LogP) is 6.55. The molecule has 33 heavy (non-hydrogen) atoms. The number of hydrogen-bond acceptors (Lipinski definition) is 4. The molecule has 1 saturated heterocycles. The molecule has 1 aliphatic heterocycles. The van der Waals surface area contributed by atoms with Gasteiger partial charge < -0.3 is 4.74 Å². The first-order valence-electron chi connectivity index (χ1n) is 12.8. The number of aromatic nitrogens is 2. The van der Waals surface area contributed by atoms with Crippen LogP contribution in [0.15, 0.2) is 34.2 Å². The SMILES string of the molecule is CC(C)CCSc1nc2c(c(=O)n1C1CCOC(C)(C)C1)C1(CCCC1)Cc1ccccc1-2. The summed E-state index contributed by atoms with van der Waals surface area (Å²) >= 11 is 1.77. The molecule has 1 atom stereocenters. The fraction of sp³-hybridized carbons (Fsp3) is 0.643. The number of thioether (sulfide) groups is 1. The topological polar surface area (TPSA) is 44.1 Å². The second-order valence-electron chi connectivity index (χ2n) is 11.4. The molecule has 0 N–H and O–H groups in total. The van der Waals surface area contributed by atoms with Gasteiger partial charge >= 0.3 is 0 Å². The van der Waals surface area contributed by atoms with Crippen LogP contribution < -0.4 is 5.56 Å². The van der Waals surface area contributed by atoms with E-state index in [2.05, 4.69) is 56.5 Å². The lowest BCUT2D eigenvalue weighted by molar-refractivity contribution is -0.0710. The third-order valence-electron chi connectivity index (χ3n) is 7.94. The average molecular weight is 467 g/mol. The van der Waals surface area contributed by atoms with Gasteiger partial charge in [-0.15, -0.1) is 0 Å². The lowest BCUT2D eigenvalue weighted by atomic mass is 9.68. The van der Waals surface area contributed by atoms with Gasteiger partial charge in [0, 0.05) is 29.4 Å². The van der Waals surface area contributed by atoms with E-state index in [1.807, 2.05) is 0 Å². The van der Waals surface area contributed by atoms with Gasteiger partial charge in [0.2, 0.25) is 0 Å². The van der Waals surface area contributed by atoms with Crippen LogP contribution in [0.5, 0.6) is 0 Å². The maximum atomic E-state index is 14.5. The van der Waals surface area contributed by atoms with Gasteiger partial charge in [0.15, 0.2) is 5.16 Å². The van der Waals surface area contributed by atoms with E-state index in [0.29, 0.717) is 12.5 Å². The highest BCUT2D eigenvalue weighted by molar-refractivity contribution is 7.99. The highest BCUT2D eigenvalue weighted by atomic mass is 32.2. The van der Waals surface area contributed by atoms with E-state index in [1.165, 1.54) is 24.0 Å². The standard InChI is InChI=1S/C28H38N2O2S/c1-19(2)12-16-33-26-29-24-22-10-6-5-9-20(22)17-28(13-7-8-14-28)23(24)25(31)30(26)21-11-15-32-27(3,4)18-21/h5-6,9-10,19,21H,7-8,11-18H2,1-4H3. The molecule has 2 aliphatic carbocycles. The molecule has 5 rings (SSSR count). The predicted molar refractivity (Wildman–Crippen MR) is 136 cm³/mol. The Morgan fingerprint density at radius 3 is 2.70 bits per heavy atom. The van der Waals surface area contributed by atoms with E-state index in [9.17, 15) is 4.79 Å². The van der Waals surface area contributed by atoms with E-state index in [-0.39, 0.29) is 22.6 Å². The molecular weight excluding hydrogens is 428 g/mol. The van der Waals surface area contributed by atoms with Crippen LogP contribution in [0.4, 0.5) is 0 Å². The van der Waals surface area contributed by atoms with Crippen molar-refractivity contribution < 1.29 is 4.74 Å². The molecular formula is C28H38N2O2S.